The molecule has 1 aliphatic carbocycles. The molecule has 0 unspecified atom stereocenters. The van der Waals surface area contributed by atoms with Gasteiger partial charge in [-0.2, -0.15) is 0 Å². The summed E-state index contributed by atoms with van der Waals surface area (Å²) in [4.78, 5) is 2.35. The zero-order valence-corrected chi connectivity index (χ0v) is 10.9. The Morgan fingerprint density at radius 3 is 2.50 bits per heavy atom. The fourth-order valence-electron chi connectivity index (χ4n) is 2.84. The predicted molar refractivity (Wildman–Crippen MR) is 70.8 cm³/mol. The summed E-state index contributed by atoms with van der Waals surface area (Å²) in [5, 5.41) is 10.2. The molecule has 1 aliphatic heterocycles. The first-order valence-electron chi connectivity index (χ1n) is 6.77. The lowest BCUT2D eigenvalue weighted by molar-refractivity contribution is -0.112. The van der Waals surface area contributed by atoms with E-state index < -0.39 is 0 Å². The second-order valence-corrected chi connectivity index (χ2v) is 5.69. The molecular weight excluding hydrogens is 226 g/mol. The normalized spacial score (nSPS) is 22.6. The van der Waals surface area contributed by atoms with Gasteiger partial charge in [-0.3, -0.25) is 4.90 Å². The van der Waals surface area contributed by atoms with E-state index >= 15 is 0 Å². The minimum absolute atomic E-state index is 0.347. The second-order valence-electron chi connectivity index (χ2n) is 5.69. The van der Waals surface area contributed by atoms with Gasteiger partial charge < -0.3 is 9.84 Å². The van der Waals surface area contributed by atoms with E-state index in [4.69, 9.17) is 4.74 Å². The van der Waals surface area contributed by atoms with Gasteiger partial charge in [0.15, 0.2) is 0 Å². The van der Waals surface area contributed by atoms with Crippen LogP contribution < -0.4 is 4.74 Å². The van der Waals surface area contributed by atoms with Gasteiger partial charge in [0.1, 0.15) is 5.75 Å². The predicted octanol–water partition coefficient (Wildman–Crippen LogP) is 1.69. The molecule has 0 bridgehead atoms. The monoisotopic (exact) mass is 247 g/mol. The Labute approximate surface area is 108 Å². The van der Waals surface area contributed by atoms with Crippen LogP contribution in [0.15, 0.2) is 24.3 Å². The Morgan fingerprint density at radius 2 is 1.94 bits per heavy atom. The zero-order chi connectivity index (χ0) is 12.6. The van der Waals surface area contributed by atoms with Gasteiger partial charge in [-0.1, -0.05) is 12.1 Å². The molecule has 3 rings (SSSR count). The Balaban J connectivity index is 1.44. The minimum atomic E-state index is -0.347. The molecule has 3 heteroatoms. The fraction of sp³-hybridized carbons (Fsp3) is 0.600. The van der Waals surface area contributed by atoms with E-state index in [-0.39, 0.29) is 5.60 Å². The SMILES string of the molecule is COc1ccc(CCN2CC(O)(C3CC3)C2)cc1. The molecule has 0 atom stereocenters. The summed E-state index contributed by atoms with van der Waals surface area (Å²) in [6, 6.07) is 8.25. The molecule has 1 aromatic carbocycles. The summed E-state index contributed by atoms with van der Waals surface area (Å²) in [5.74, 6) is 1.50. The van der Waals surface area contributed by atoms with Crippen LogP contribution in [0.3, 0.4) is 0 Å². The summed E-state index contributed by atoms with van der Waals surface area (Å²) in [7, 11) is 1.69. The van der Waals surface area contributed by atoms with E-state index in [2.05, 4.69) is 17.0 Å². The quantitative estimate of drug-likeness (QED) is 0.859. The summed E-state index contributed by atoms with van der Waals surface area (Å²) >= 11 is 0. The highest BCUT2D eigenvalue weighted by atomic mass is 16.5. The number of likely N-dealkylation sites (tertiary alicyclic amines) is 1. The largest absolute Gasteiger partial charge is 0.497 e. The van der Waals surface area contributed by atoms with Crippen molar-refractivity contribution in [3.05, 3.63) is 29.8 Å². The van der Waals surface area contributed by atoms with Crippen molar-refractivity contribution in [3.8, 4) is 5.75 Å². The number of methoxy groups -OCH3 is 1. The van der Waals surface area contributed by atoms with E-state index in [1.54, 1.807) is 7.11 Å². The summed E-state index contributed by atoms with van der Waals surface area (Å²) in [5.41, 5.74) is 0.984. The van der Waals surface area contributed by atoms with Crippen molar-refractivity contribution in [2.24, 2.45) is 5.92 Å². The number of hydrogen-bond acceptors (Lipinski definition) is 3. The molecule has 1 heterocycles. The lowest BCUT2D eigenvalue weighted by Gasteiger charge is -2.47. The minimum Gasteiger partial charge on any atom is -0.497 e. The molecule has 0 radical (unpaired) electrons. The van der Waals surface area contributed by atoms with Crippen molar-refractivity contribution in [1.29, 1.82) is 0 Å². The third-order valence-corrected chi connectivity index (χ3v) is 4.21. The number of ether oxygens (including phenoxy) is 1. The van der Waals surface area contributed by atoms with Crippen LogP contribution in [-0.2, 0) is 6.42 Å². The van der Waals surface area contributed by atoms with Gasteiger partial charge in [-0.25, -0.2) is 0 Å². The molecule has 1 aromatic rings. The standard InChI is InChI=1S/C15H21NO2/c1-18-14-6-2-12(3-7-14)8-9-16-10-15(17,11-16)13-4-5-13/h2-3,6-7,13,17H,4-5,8-11H2,1H3. The van der Waals surface area contributed by atoms with Crippen LogP contribution in [-0.4, -0.2) is 42.4 Å². The van der Waals surface area contributed by atoms with Crippen LogP contribution in [0.2, 0.25) is 0 Å². The number of hydrogen-bond donors (Lipinski definition) is 1. The molecule has 0 spiro atoms. The maximum absolute atomic E-state index is 10.2. The van der Waals surface area contributed by atoms with Gasteiger partial charge in [-0.15, -0.1) is 0 Å². The molecule has 1 N–H and O–H groups in total. The van der Waals surface area contributed by atoms with Gasteiger partial charge in [0.2, 0.25) is 0 Å². The molecule has 2 aliphatic rings. The molecule has 3 nitrogen and oxygen atoms in total. The molecule has 1 saturated carbocycles. The number of β-amino-alcohol motifs (C(OH)–C–C–N with tert-alkyl or cyclic N) is 1. The highest BCUT2D eigenvalue weighted by Crippen LogP contribution is 2.44. The number of aliphatic hydroxyl groups is 1. The van der Waals surface area contributed by atoms with Crippen LogP contribution in [0.4, 0.5) is 0 Å². The van der Waals surface area contributed by atoms with E-state index in [1.807, 2.05) is 12.1 Å². The maximum atomic E-state index is 10.2. The third kappa shape index (κ3) is 2.38. The van der Waals surface area contributed by atoms with Crippen molar-refractivity contribution >= 4 is 0 Å². The van der Waals surface area contributed by atoms with Crippen molar-refractivity contribution in [1.82, 2.24) is 4.90 Å². The lowest BCUT2D eigenvalue weighted by atomic mass is 9.88. The van der Waals surface area contributed by atoms with Crippen LogP contribution in [0, 0.1) is 5.92 Å². The highest BCUT2D eigenvalue weighted by molar-refractivity contribution is 5.27. The van der Waals surface area contributed by atoms with Crippen LogP contribution in [0.1, 0.15) is 18.4 Å². The van der Waals surface area contributed by atoms with E-state index in [0.29, 0.717) is 5.92 Å². The van der Waals surface area contributed by atoms with Gasteiger partial charge in [0, 0.05) is 19.6 Å². The summed E-state index contributed by atoms with van der Waals surface area (Å²) in [6.07, 6.45) is 3.50. The second kappa shape index (κ2) is 4.56. The molecule has 0 aromatic heterocycles. The molecular formula is C15H21NO2. The Morgan fingerprint density at radius 1 is 1.28 bits per heavy atom. The lowest BCUT2D eigenvalue weighted by Crippen LogP contribution is -2.63. The molecule has 98 valence electrons. The highest BCUT2D eigenvalue weighted by Gasteiger charge is 2.51. The Bertz CT molecular complexity index is 405. The smallest absolute Gasteiger partial charge is 0.118 e. The molecule has 0 amide bonds. The first-order valence-corrected chi connectivity index (χ1v) is 6.77. The Hall–Kier alpha value is -1.06. The van der Waals surface area contributed by atoms with Crippen LogP contribution in [0.5, 0.6) is 5.75 Å². The number of nitrogens with zero attached hydrogens (tertiary/aromatic N) is 1. The van der Waals surface area contributed by atoms with Gasteiger partial charge in [0.05, 0.1) is 12.7 Å². The van der Waals surface area contributed by atoms with Crippen molar-refractivity contribution in [3.63, 3.8) is 0 Å². The van der Waals surface area contributed by atoms with Gasteiger partial charge in [0.25, 0.3) is 0 Å². The van der Waals surface area contributed by atoms with Crippen LogP contribution >= 0.6 is 0 Å². The maximum Gasteiger partial charge on any atom is 0.118 e. The molecule has 1 saturated heterocycles. The van der Waals surface area contributed by atoms with Gasteiger partial charge in [-0.05, 0) is 42.9 Å². The van der Waals surface area contributed by atoms with Crippen LogP contribution in [0.25, 0.3) is 0 Å². The zero-order valence-electron chi connectivity index (χ0n) is 10.9. The van der Waals surface area contributed by atoms with E-state index in [1.165, 1.54) is 18.4 Å². The first kappa shape index (κ1) is 12.0. The summed E-state index contributed by atoms with van der Waals surface area (Å²) in [6.45, 7) is 2.78. The molecule has 2 fully saturated rings. The van der Waals surface area contributed by atoms with Crippen molar-refractivity contribution < 1.29 is 9.84 Å². The van der Waals surface area contributed by atoms with Crippen molar-refractivity contribution in [2.45, 2.75) is 24.9 Å². The average Bonchev–Trinajstić information content (AvgIpc) is 3.18. The molecule has 18 heavy (non-hydrogen) atoms. The van der Waals surface area contributed by atoms with Gasteiger partial charge >= 0.3 is 0 Å². The average molecular weight is 247 g/mol. The topological polar surface area (TPSA) is 32.7 Å². The van der Waals surface area contributed by atoms with Crippen molar-refractivity contribution in [2.75, 3.05) is 26.7 Å². The number of rotatable bonds is 5. The fourth-order valence-corrected chi connectivity index (χ4v) is 2.84. The first-order chi connectivity index (χ1) is 8.69. The Kier molecular flexibility index (Phi) is 3.04. The number of benzene rings is 1. The van der Waals surface area contributed by atoms with E-state index in [0.717, 1.165) is 31.8 Å². The van der Waals surface area contributed by atoms with E-state index in [9.17, 15) is 5.11 Å². The third-order valence-electron chi connectivity index (χ3n) is 4.21. The summed E-state index contributed by atoms with van der Waals surface area (Å²) < 4.78 is 5.14.